The molecule has 0 bridgehead atoms. The number of fused-ring (bicyclic) bond motifs is 1. The Morgan fingerprint density at radius 1 is 1.10 bits per heavy atom. The molecule has 0 radical (unpaired) electrons. The lowest BCUT2D eigenvalue weighted by Gasteiger charge is -2.20. The van der Waals surface area contributed by atoms with Gasteiger partial charge in [0.2, 0.25) is 0 Å². The number of nitrogens with one attached hydrogen (secondary N) is 2. The maximum Gasteiger partial charge on any atom is 0.336 e. The van der Waals surface area contributed by atoms with Crippen molar-refractivity contribution in [1.82, 2.24) is 18.4 Å². The average molecular weight is 665 g/mol. The van der Waals surface area contributed by atoms with Crippen LogP contribution >= 0.6 is 22.6 Å². The van der Waals surface area contributed by atoms with Crippen LogP contribution < -0.4 is 26.8 Å². The van der Waals surface area contributed by atoms with Crippen molar-refractivity contribution in [1.29, 1.82) is 0 Å². The molecule has 1 atom stereocenters. The lowest BCUT2D eigenvalue weighted by atomic mass is 10.1. The summed E-state index contributed by atoms with van der Waals surface area (Å²) < 4.78 is 38.8. The molecule has 0 saturated heterocycles. The number of aromatic nitrogens is 3. The number of benzene rings is 2. The minimum Gasteiger partial charge on any atom is -0.338 e. The summed E-state index contributed by atoms with van der Waals surface area (Å²) in [4.78, 5) is 41.2. The van der Waals surface area contributed by atoms with Crippen molar-refractivity contribution in [2.75, 3.05) is 18.6 Å². The summed E-state index contributed by atoms with van der Waals surface area (Å²) in [5.74, 6) is -0.484. The molecule has 0 unspecified atom stereocenters. The molecule has 2 N–H and O–H groups in total. The van der Waals surface area contributed by atoms with Crippen molar-refractivity contribution in [3.8, 4) is 5.69 Å². The van der Waals surface area contributed by atoms with Gasteiger partial charge in [0, 0.05) is 28.5 Å². The normalized spacial score (nSPS) is 14.8. The Balaban J connectivity index is 1.91. The molecule has 1 fully saturated rings. The highest BCUT2D eigenvalue weighted by Gasteiger charge is 2.31. The molecular formula is C26H26FIN6O4S. The zero-order valence-electron chi connectivity index (χ0n) is 21.6. The zero-order chi connectivity index (χ0) is 28.2. The molecular weight excluding hydrogens is 638 g/mol. The van der Waals surface area contributed by atoms with Gasteiger partial charge >= 0.3 is 5.69 Å². The molecule has 2 aromatic carbocycles. The van der Waals surface area contributed by atoms with E-state index in [4.69, 9.17) is 0 Å². The van der Waals surface area contributed by atoms with E-state index in [0.717, 1.165) is 0 Å². The molecule has 2 heterocycles. The highest BCUT2D eigenvalue weighted by molar-refractivity contribution is 14.1. The summed E-state index contributed by atoms with van der Waals surface area (Å²) in [6.07, 6.45) is 2.77. The Morgan fingerprint density at radius 3 is 2.46 bits per heavy atom. The number of hydrogen-bond acceptors (Lipinski definition) is 6. The van der Waals surface area contributed by atoms with E-state index in [1.54, 1.807) is 37.3 Å². The number of anilines is 2. The number of hydrogen-bond donors (Lipinski definition) is 2. The number of rotatable bonds is 6. The van der Waals surface area contributed by atoms with E-state index in [0.29, 0.717) is 27.8 Å². The monoisotopic (exact) mass is 664 g/mol. The van der Waals surface area contributed by atoms with Gasteiger partial charge in [0.25, 0.3) is 11.1 Å². The van der Waals surface area contributed by atoms with Crippen molar-refractivity contribution in [3.63, 3.8) is 0 Å². The zero-order valence-corrected chi connectivity index (χ0v) is 24.6. The van der Waals surface area contributed by atoms with Crippen molar-refractivity contribution < 1.29 is 8.60 Å². The molecule has 13 heteroatoms. The molecule has 1 aliphatic carbocycles. The van der Waals surface area contributed by atoms with E-state index in [9.17, 15) is 23.0 Å². The maximum atomic E-state index is 14.9. The predicted molar refractivity (Wildman–Crippen MR) is 160 cm³/mol. The van der Waals surface area contributed by atoms with E-state index in [2.05, 4.69) is 14.4 Å². The summed E-state index contributed by atoms with van der Waals surface area (Å²) in [7, 11) is 0.296. The third-order valence-corrected chi connectivity index (χ3v) is 8.67. The second-order valence-electron chi connectivity index (χ2n) is 9.45. The lowest BCUT2D eigenvalue weighted by molar-refractivity contribution is 0.630. The first-order chi connectivity index (χ1) is 18.4. The molecule has 39 heavy (non-hydrogen) atoms. The Morgan fingerprint density at radius 2 is 1.82 bits per heavy atom. The fraction of sp³-hybridized carbons (Fsp3) is 0.269. The summed E-state index contributed by atoms with van der Waals surface area (Å²) in [5.41, 5.74) is -0.559. The Bertz CT molecular complexity index is 1970. The van der Waals surface area contributed by atoms with E-state index in [-0.39, 0.29) is 34.0 Å². The molecule has 0 amide bonds. The molecule has 4 aromatic rings. The fourth-order valence-corrected chi connectivity index (χ4v) is 5.57. The van der Waals surface area contributed by atoms with Crippen LogP contribution in [0.2, 0.25) is 0 Å². The van der Waals surface area contributed by atoms with E-state index < -0.39 is 32.5 Å². The van der Waals surface area contributed by atoms with Gasteiger partial charge in [0.15, 0.2) is 0 Å². The number of aryl methyl sites for hydroxylation is 1. The first-order valence-electron chi connectivity index (χ1n) is 12.1. The summed E-state index contributed by atoms with van der Waals surface area (Å²) in [6.45, 7) is 1.55. The van der Waals surface area contributed by atoms with E-state index >= 15 is 0 Å². The Kier molecular flexibility index (Phi) is 7.01. The van der Waals surface area contributed by atoms with Crippen LogP contribution in [-0.2, 0) is 17.0 Å². The van der Waals surface area contributed by atoms with Gasteiger partial charge in [0.05, 0.1) is 22.6 Å². The second kappa shape index (κ2) is 10.0. The van der Waals surface area contributed by atoms with Gasteiger partial charge in [-0.2, -0.15) is 4.36 Å². The van der Waals surface area contributed by atoms with Gasteiger partial charge in [-0.3, -0.25) is 23.3 Å². The number of pyridine rings is 1. The standard InChI is InChI=1S/C26H26FIN6O4S/c1-14-22-21(23(32(3)24(14)35)30-20-11-8-15(28)12-19(20)27)25(36)34(17-9-10-17)26(37)33(22)18-7-5-6-16(13-18)31-39(4,38)29-2/h5-8,11-13,17,30H,9-10H2,1-4H3,(H,29,31,38)/t39-/m0/s1. The summed E-state index contributed by atoms with van der Waals surface area (Å²) in [5, 5.41) is 3.03. The molecule has 1 aliphatic rings. The van der Waals surface area contributed by atoms with Gasteiger partial charge in [-0.1, -0.05) is 6.07 Å². The van der Waals surface area contributed by atoms with Crippen molar-refractivity contribution in [2.45, 2.75) is 25.8 Å². The fourth-order valence-electron chi connectivity index (χ4n) is 4.51. The molecule has 1 saturated carbocycles. The van der Waals surface area contributed by atoms with Crippen molar-refractivity contribution in [2.24, 2.45) is 11.4 Å². The largest absolute Gasteiger partial charge is 0.338 e. The van der Waals surface area contributed by atoms with Gasteiger partial charge < -0.3 is 5.32 Å². The topological polar surface area (TPSA) is 119 Å². The maximum absolute atomic E-state index is 14.9. The van der Waals surface area contributed by atoms with E-state index in [1.165, 1.54) is 46.2 Å². The van der Waals surface area contributed by atoms with Crippen LogP contribution in [0, 0.1) is 16.3 Å². The first kappa shape index (κ1) is 27.3. The van der Waals surface area contributed by atoms with Gasteiger partial charge in [-0.05, 0) is 85.8 Å². The van der Waals surface area contributed by atoms with Crippen LogP contribution in [0.5, 0.6) is 0 Å². The Labute approximate surface area is 236 Å². The van der Waals surface area contributed by atoms with Gasteiger partial charge in [-0.15, -0.1) is 0 Å². The van der Waals surface area contributed by atoms with Gasteiger partial charge in [0.1, 0.15) is 26.9 Å². The number of nitrogens with zero attached hydrogens (tertiary/aromatic N) is 4. The van der Waals surface area contributed by atoms with Crippen molar-refractivity contribution >= 4 is 60.6 Å². The third-order valence-electron chi connectivity index (χ3n) is 6.69. The van der Waals surface area contributed by atoms with Gasteiger partial charge in [-0.25, -0.2) is 18.1 Å². The SMILES string of the molecule is CN[S@](C)(=O)=Nc1cccc(-n2c(=O)n(C3CC3)c(=O)c3c(Nc4ccc(I)cc4F)n(C)c(=O)c(C)c32)c1. The Hall–Kier alpha value is -3.30. The molecule has 0 spiro atoms. The molecule has 2 aromatic heterocycles. The third kappa shape index (κ3) is 4.94. The lowest BCUT2D eigenvalue weighted by Crippen LogP contribution is -2.41. The predicted octanol–water partition coefficient (Wildman–Crippen LogP) is 3.85. The molecule has 0 aliphatic heterocycles. The van der Waals surface area contributed by atoms with Crippen molar-refractivity contribution in [3.05, 3.63) is 88.6 Å². The second-order valence-corrected chi connectivity index (χ2v) is 12.9. The minimum absolute atomic E-state index is 0.0708. The smallest absolute Gasteiger partial charge is 0.336 e. The summed E-state index contributed by atoms with van der Waals surface area (Å²) in [6, 6.07) is 10.8. The highest BCUT2D eigenvalue weighted by Crippen LogP contribution is 2.34. The summed E-state index contributed by atoms with van der Waals surface area (Å²) >= 11 is 1.99. The van der Waals surface area contributed by atoms with Crippen LogP contribution in [0.15, 0.2) is 61.2 Å². The first-order valence-corrected chi connectivity index (χ1v) is 15.1. The van der Waals surface area contributed by atoms with Crippen LogP contribution in [0.4, 0.5) is 21.6 Å². The molecule has 10 nitrogen and oxygen atoms in total. The van der Waals surface area contributed by atoms with E-state index in [1.807, 2.05) is 22.6 Å². The van der Waals surface area contributed by atoms with Crippen LogP contribution in [0.1, 0.15) is 24.4 Å². The average Bonchev–Trinajstić information content (AvgIpc) is 3.71. The quantitative estimate of drug-likeness (QED) is 0.304. The van der Waals surface area contributed by atoms with Crippen LogP contribution in [0.3, 0.4) is 0 Å². The molecule has 5 rings (SSSR count). The van der Waals surface area contributed by atoms with Crippen LogP contribution in [0.25, 0.3) is 16.6 Å². The minimum atomic E-state index is -2.73. The number of halogens is 2. The highest BCUT2D eigenvalue weighted by atomic mass is 127. The van der Waals surface area contributed by atoms with Crippen LogP contribution in [-0.4, -0.2) is 31.2 Å². The molecule has 204 valence electrons.